The van der Waals surface area contributed by atoms with Crippen LogP contribution in [0, 0.1) is 19.8 Å². The second kappa shape index (κ2) is 11.5. The van der Waals surface area contributed by atoms with Gasteiger partial charge in [-0.15, -0.1) is 34.2 Å². The number of aromatic nitrogens is 3. The number of thioether (sulfide) groups is 1. The number of anilines is 1. The molecule has 3 N–H and O–H groups in total. The molecule has 27 heavy (non-hydrogen) atoms. The van der Waals surface area contributed by atoms with Gasteiger partial charge in [0.1, 0.15) is 5.82 Å². The summed E-state index contributed by atoms with van der Waals surface area (Å²) in [6, 6.07) is 6.26. The summed E-state index contributed by atoms with van der Waals surface area (Å²) in [6.45, 7) is 10.2. The smallest absolute Gasteiger partial charge is 0.193 e. The second-order valence-electron chi connectivity index (χ2n) is 6.98. The molecule has 0 atom stereocenters. The largest absolute Gasteiger partial charge is 0.370 e. The van der Waals surface area contributed by atoms with Crippen molar-refractivity contribution in [2.24, 2.45) is 16.6 Å². The molecule has 0 unspecified atom stereocenters. The number of rotatable bonds is 8. The molecule has 1 heterocycles. The molecular formula is C19H31IN6S. The van der Waals surface area contributed by atoms with Crippen molar-refractivity contribution in [3.63, 3.8) is 0 Å². The number of aliphatic imine (C=N–C) groups is 1. The van der Waals surface area contributed by atoms with E-state index < -0.39 is 0 Å². The van der Waals surface area contributed by atoms with Gasteiger partial charge in [-0.1, -0.05) is 31.7 Å². The van der Waals surface area contributed by atoms with Gasteiger partial charge in [-0.2, -0.15) is 0 Å². The maximum Gasteiger partial charge on any atom is 0.193 e. The number of nitrogens with two attached hydrogens (primary N) is 1. The summed E-state index contributed by atoms with van der Waals surface area (Å²) < 4.78 is 2.22. The van der Waals surface area contributed by atoms with Gasteiger partial charge in [-0.3, -0.25) is 4.99 Å². The average molecular weight is 502 g/mol. The van der Waals surface area contributed by atoms with Gasteiger partial charge < -0.3 is 15.6 Å². The highest BCUT2D eigenvalue weighted by molar-refractivity contribution is 14.0. The predicted octanol–water partition coefficient (Wildman–Crippen LogP) is 4.25. The van der Waals surface area contributed by atoms with Crippen LogP contribution in [0.1, 0.15) is 37.2 Å². The van der Waals surface area contributed by atoms with Crippen LogP contribution in [0.4, 0.5) is 5.69 Å². The van der Waals surface area contributed by atoms with Crippen LogP contribution >= 0.6 is 35.7 Å². The lowest BCUT2D eigenvalue weighted by atomic mass is 10.1. The maximum atomic E-state index is 6.01. The Labute approximate surface area is 183 Å². The van der Waals surface area contributed by atoms with Gasteiger partial charge in [-0.25, -0.2) is 0 Å². The van der Waals surface area contributed by atoms with Gasteiger partial charge in [-0.05, 0) is 55.7 Å². The number of nitrogens with one attached hydrogen (secondary N) is 1. The van der Waals surface area contributed by atoms with E-state index in [1.165, 1.54) is 11.1 Å². The Morgan fingerprint density at radius 2 is 1.89 bits per heavy atom. The van der Waals surface area contributed by atoms with Crippen molar-refractivity contribution in [3.05, 3.63) is 35.2 Å². The third-order valence-corrected chi connectivity index (χ3v) is 4.53. The van der Waals surface area contributed by atoms with Crippen molar-refractivity contribution in [1.29, 1.82) is 0 Å². The Kier molecular flexibility index (Phi) is 10.1. The second-order valence-corrected chi connectivity index (χ2v) is 7.75. The maximum absolute atomic E-state index is 6.01. The van der Waals surface area contributed by atoms with Gasteiger partial charge in [0.05, 0.1) is 0 Å². The van der Waals surface area contributed by atoms with Crippen LogP contribution in [0.5, 0.6) is 0 Å². The standard InChI is InChI=1S/C19H30N6S.HI/c1-13(2)12-25-17(23-24-19(25)26-5)7-6-8-21-18(20)22-16-10-14(3)9-15(4)11-16;/h9-11,13H,6-8,12H2,1-5H3,(H3,20,21,22);1H. The molecule has 0 aliphatic carbocycles. The van der Waals surface area contributed by atoms with Gasteiger partial charge in [0.2, 0.25) is 0 Å². The van der Waals surface area contributed by atoms with E-state index in [1.54, 1.807) is 11.8 Å². The first-order valence-corrected chi connectivity index (χ1v) is 10.2. The number of benzene rings is 1. The van der Waals surface area contributed by atoms with Crippen LogP contribution in [0.25, 0.3) is 0 Å². The molecule has 150 valence electrons. The molecular weight excluding hydrogens is 471 g/mol. The molecule has 1 aromatic heterocycles. The van der Waals surface area contributed by atoms with Gasteiger partial charge >= 0.3 is 0 Å². The minimum absolute atomic E-state index is 0. The summed E-state index contributed by atoms with van der Waals surface area (Å²) in [5.41, 5.74) is 9.39. The Balaban J connectivity index is 0.00000364. The zero-order chi connectivity index (χ0) is 19.1. The number of nitrogens with zero attached hydrogens (tertiary/aromatic N) is 4. The van der Waals surface area contributed by atoms with Crippen LogP contribution in [0.3, 0.4) is 0 Å². The van der Waals surface area contributed by atoms with Gasteiger partial charge in [0, 0.05) is 25.2 Å². The normalized spacial score (nSPS) is 11.6. The van der Waals surface area contributed by atoms with Crippen molar-refractivity contribution >= 4 is 47.4 Å². The van der Waals surface area contributed by atoms with E-state index in [2.05, 4.69) is 71.0 Å². The molecule has 8 heteroatoms. The van der Waals surface area contributed by atoms with Gasteiger partial charge in [0.25, 0.3) is 0 Å². The van der Waals surface area contributed by atoms with E-state index in [4.69, 9.17) is 5.73 Å². The number of aryl methyl sites for hydroxylation is 3. The van der Waals surface area contributed by atoms with E-state index in [0.29, 0.717) is 18.4 Å². The first-order valence-electron chi connectivity index (χ1n) is 9.00. The number of halogens is 1. The third kappa shape index (κ3) is 7.69. The summed E-state index contributed by atoms with van der Waals surface area (Å²) in [4.78, 5) is 4.43. The Bertz CT molecular complexity index is 736. The lowest BCUT2D eigenvalue weighted by Crippen LogP contribution is -2.23. The van der Waals surface area contributed by atoms with E-state index in [9.17, 15) is 0 Å². The predicted molar refractivity (Wildman–Crippen MR) is 126 cm³/mol. The zero-order valence-electron chi connectivity index (χ0n) is 16.8. The summed E-state index contributed by atoms with van der Waals surface area (Å²) in [5.74, 6) is 2.04. The number of hydrogen-bond acceptors (Lipinski definition) is 4. The summed E-state index contributed by atoms with van der Waals surface area (Å²) in [5, 5.41) is 12.8. The first kappa shape index (κ1) is 23.7. The van der Waals surface area contributed by atoms with E-state index >= 15 is 0 Å². The monoisotopic (exact) mass is 502 g/mol. The Morgan fingerprint density at radius 3 is 2.48 bits per heavy atom. The molecule has 0 aliphatic rings. The third-order valence-electron chi connectivity index (χ3n) is 3.86. The first-order chi connectivity index (χ1) is 12.4. The van der Waals surface area contributed by atoms with Crippen LogP contribution < -0.4 is 11.1 Å². The van der Waals surface area contributed by atoms with Crippen molar-refractivity contribution < 1.29 is 0 Å². The van der Waals surface area contributed by atoms with Gasteiger partial charge in [0.15, 0.2) is 11.1 Å². The molecule has 0 fully saturated rings. The van der Waals surface area contributed by atoms with E-state index in [1.807, 2.05) is 6.26 Å². The molecule has 0 saturated carbocycles. The van der Waals surface area contributed by atoms with Crippen LogP contribution in [0.2, 0.25) is 0 Å². The average Bonchev–Trinajstić information content (AvgIpc) is 2.91. The van der Waals surface area contributed by atoms with Crippen molar-refractivity contribution in [1.82, 2.24) is 14.8 Å². The van der Waals surface area contributed by atoms with Crippen LogP contribution in [-0.2, 0) is 13.0 Å². The van der Waals surface area contributed by atoms with E-state index in [-0.39, 0.29) is 24.0 Å². The van der Waals surface area contributed by atoms with Crippen molar-refractivity contribution in [2.45, 2.75) is 52.2 Å². The number of hydrogen-bond donors (Lipinski definition) is 2. The molecule has 6 nitrogen and oxygen atoms in total. The Morgan fingerprint density at radius 1 is 1.22 bits per heavy atom. The molecule has 0 amide bonds. The lowest BCUT2D eigenvalue weighted by Gasteiger charge is -2.11. The SMILES string of the molecule is CSc1nnc(CCCN=C(N)Nc2cc(C)cc(C)c2)n1CC(C)C.I. The Hall–Kier alpha value is -1.29. The molecule has 2 aromatic rings. The fraction of sp³-hybridized carbons (Fsp3) is 0.526. The summed E-state index contributed by atoms with van der Waals surface area (Å²) >= 11 is 1.64. The fourth-order valence-electron chi connectivity index (χ4n) is 2.87. The van der Waals surface area contributed by atoms with E-state index in [0.717, 1.165) is 36.1 Å². The highest BCUT2D eigenvalue weighted by Crippen LogP contribution is 2.17. The molecule has 0 radical (unpaired) electrons. The van der Waals surface area contributed by atoms with Crippen LogP contribution in [0.15, 0.2) is 28.3 Å². The summed E-state index contributed by atoms with van der Waals surface area (Å²) in [7, 11) is 0. The van der Waals surface area contributed by atoms with Crippen LogP contribution in [-0.4, -0.2) is 33.5 Å². The quantitative estimate of drug-likeness (QED) is 0.186. The molecule has 2 rings (SSSR count). The highest BCUT2D eigenvalue weighted by Gasteiger charge is 2.12. The highest BCUT2D eigenvalue weighted by atomic mass is 127. The fourth-order valence-corrected chi connectivity index (χ4v) is 3.40. The molecule has 0 spiro atoms. The minimum atomic E-state index is 0. The minimum Gasteiger partial charge on any atom is -0.370 e. The summed E-state index contributed by atoms with van der Waals surface area (Å²) in [6.07, 6.45) is 3.77. The molecule has 1 aromatic carbocycles. The number of guanidine groups is 1. The van der Waals surface area contributed by atoms with Crippen molar-refractivity contribution in [3.8, 4) is 0 Å². The topological polar surface area (TPSA) is 81.1 Å². The van der Waals surface area contributed by atoms with Crippen molar-refractivity contribution in [2.75, 3.05) is 18.1 Å². The molecule has 0 aliphatic heterocycles. The molecule has 0 saturated heterocycles. The molecule has 0 bridgehead atoms. The zero-order valence-corrected chi connectivity index (χ0v) is 20.0. The lowest BCUT2D eigenvalue weighted by molar-refractivity contribution is 0.477.